The average Bonchev–Trinajstić information content (AvgIpc) is 3.20. The zero-order valence-electron chi connectivity index (χ0n) is 33.3. The monoisotopic (exact) mass is 865 g/mol. The second-order valence-electron chi connectivity index (χ2n) is 14.3. The minimum atomic E-state index is -1.48. The molecule has 1 aromatic rings. The van der Waals surface area contributed by atoms with Gasteiger partial charge in [0.2, 0.25) is 41.4 Å². The van der Waals surface area contributed by atoms with Gasteiger partial charge in [0.15, 0.2) is 0 Å². The van der Waals surface area contributed by atoms with Crippen molar-refractivity contribution in [1.29, 1.82) is 0 Å². The smallest absolute Gasteiger partial charge is 0.353 e. The van der Waals surface area contributed by atoms with Crippen LogP contribution in [0.2, 0.25) is 0 Å². The largest absolute Gasteiger partial charge is 0.477 e. The van der Waals surface area contributed by atoms with Gasteiger partial charge in [0.1, 0.15) is 29.9 Å². The molecule has 22 nitrogen and oxygen atoms in total. The van der Waals surface area contributed by atoms with E-state index in [2.05, 4.69) is 21.3 Å². The van der Waals surface area contributed by atoms with Crippen LogP contribution in [0.3, 0.4) is 0 Å². The Morgan fingerprint density at radius 1 is 0.750 bits per heavy atom. The van der Waals surface area contributed by atoms with Crippen LogP contribution in [0.5, 0.6) is 0 Å². The van der Waals surface area contributed by atoms with E-state index in [9.17, 15) is 63.9 Å². The molecule has 2 aliphatic rings. The molecule has 8 amide bonds. The van der Waals surface area contributed by atoms with Crippen LogP contribution in [0.25, 0.3) is 0 Å². The molecule has 0 spiro atoms. The van der Waals surface area contributed by atoms with Crippen molar-refractivity contribution in [2.24, 2.45) is 5.73 Å². The van der Waals surface area contributed by atoms with Crippen molar-refractivity contribution in [3.8, 4) is 0 Å². The maximum atomic E-state index is 14.1. The van der Waals surface area contributed by atoms with Crippen LogP contribution in [0, 0.1) is 0 Å². The van der Waals surface area contributed by atoms with Crippen LogP contribution in [0.1, 0.15) is 83.7 Å². The van der Waals surface area contributed by atoms with E-state index in [1.54, 1.807) is 18.2 Å². The van der Waals surface area contributed by atoms with Gasteiger partial charge in [0.05, 0.1) is 12.1 Å². The minimum Gasteiger partial charge on any atom is -0.477 e. The molecule has 10 N–H and O–H groups in total. The molecule has 330 valence electrons. The Morgan fingerprint density at radius 2 is 1.22 bits per heavy atom. The van der Waals surface area contributed by atoms with Crippen LogP contribution < -0.4 is 27.0 Å². The third-order valence-corrected chi connectivity index (χ3v) is 10.2. The molecule has 2 aliphatic heterocycles. The first-order chi connectivity index (χ1) is 28.2. The molecule has 0 aromatic heterocycles. The number of nitrogens with zero attached hydrogens (tertiary/aromatic N) is 4. The molecule has 1 aromatic carbocycles. The number of fused-ring (bicyclic) bond motifs is 1. The molecule has 0 saturated carbocycles. The van der Waals surface area contributed by atoms with Crippen molar-refractivity contribution in [2.45, 2.75) is 108 Å². The number of halogens is 1. The number of benzene rings is 1. The van der Waals surface area contributed by atoms with Gasteiger partial charge in [0.25, 0.3) is 5.91 Å². The summed E-state index contributed by atoms with van der Waals surface area (Å²) in [7, 11) is 0. The molecule has 1 fully saturated rings. The van der Waals surface area contributed by atoms with Gasteiger partial charge in [-0.3, -0.25) is 58.9 Å². The van der Waals surface area contributed by atoms with Gasteiger partial charge in [-0.1, -0.05) is 41.9 Å². The molecule has 0 bridgehead atoms. The van der Waals surface area contributed by atoms with Crippen LogP contribution in [0.15, 0.2) is 41.1 Å². The number of hydrogen-bond acceptors (Lipinski definition) is 13. The standard InChI is InChI=1S/C37H52ClN9O13/c1-20(48)44(58)17-7-12-25(39)32(51)40-26(13-8-18-45(59)21(2)49)33(52)41-27(14-9-19-46(60)22(3)50)34(53)42-29(23-10-5-4-6-11-23)35(54)43-30-28-16-15-24(38)31(37(56)57)47(28)36(30)55/h4-6,10-11,25-30,58-60H,7-9,12-19,39H2,1-3H3,(H,40,51)(H,41,52)(H,42,53)(H,43,54)(H,56,57)/t25-,26-,27-,28+,29+,30?/m0/s1. The van der Waals surface area contributed by atoms with E-state index in [1.165, 1.54) is 12.1 Å². The number of nitrogens with one attached hydrogen (secondary N) is 4. The zero-order valence-corrected chi connectivity index (χ0v) is 34.1. The second-order valence-corrected chi connectivity index (χ2v) is 14.7. The highest BCUT2D eigenvalue weighted by molar-refractivity contribution is 6.32. The number of carboxylic acids is 1. The predicted octanol–water partition coefficient (Wildman–Crippen LogP) is -0.781. The lowest BCUT2D eigenvalue weighted by molar-refractivity contribution is -0.163. The Kier molecular flexibility index (Phi) is 18.4. The lowest BCUT2D eigenvalue weighted by Crippen LogP contribution is -2.72. The summed E-state index contributed by atoms with van der Waals surface area (Å²) in [5.41, 5.74) is 5.91. The molecule has 3 rings (SSSR count). The van der Waals surface area contributed by atoms with Crippen molar-refractivity contribution in [3.63, 3.8) is 0 Å². The zero-order chi connectivity index (χ0) is 44.8. The van der Waals surface area contributed by atoms with Gasteiger partial charge in [-0.2, -0.15) is 0 Å². The van der Waals surface area contributed by atoms with Crippen molar-refractivity contribution < 1.29 is 63.9 Å². The summed E-state index contributed by atoms with van der Waals surface area (Å²) in [5.74, 6) is -7.67. The van der Waals surface area contributed by atoms with E-state index in [0.717, 1.165) is 25.7 Å². The fourth-order valence-corrected chi connectivity index (χ4v) is 6.77. The highest BCUT2D eigenvalue weighted by Crippen LogP contribution is 2.38. The lowest BCUT2D eigenvalue weighted by atomic mass is 9.86. The first kappa shape index (κ1) is 48.7. The van der Waals surface area contributed by atoms with Gasteiger partial charge in [-0.15, -0.1) is 0 Å². The van der Waals surface area contributed by atoms with Gasteiger partial charge in [-0.25, -0.2) is 20.0 Å². The van der Waals surface area contributed by atoms with Crippen LogP contribution in [-0.4, -0.2) is 144 Å². The number of amides is 8. The maximum absolute atomic E-state index is 14.1. The van der Waals surface area contributed by atoms with E-state index < -0.39 is 89.5 Å². The maximum Gasteiger partial charge on any atom is 0.353 e. The van der Waals surface area contributed by atoms with Gasteiger partial charge in [-0.05, 0) is 56.9 Å². The van der Waals surface area contributed by atoms with E-state index in [0.29, 0.717) is 15.2 Å². The van der Waals surface area contributed by atoms with Gasteiger partial charge >= 0.3 is 5.97 Å². The van der Waals surface area contributed by atoms with Crippen molar-refractivity contribution in [3.05, 3.63) is 46.6 Å². The molecule has 6 atom stereocenters. The van der Waals surface area contributed by atoms with Gasteiger partial charge in [0, 0.05) is 45.4 Å². The van der Waals surface area contributed by atoms with Crippen molar-refractivity contribution in [1.82, 2.24) is 41.4 Å². The fourth-order valence-electron chi connectivity index (χ4n) is 6.49. The molecule has 60 heavy (non-hydrogen) atoms. The molecule has 23 heteroatoms. The third-order valence-electron chi connectivity index (χ3n) is 9.86. The van der Waals surface area contributed by atoms with E-state index in [-0.39, 0.29) is 87.3 Å². The summed E-state index contributed by atoms with van der Waals surface area (Å²) in [5, 5.41) is 50.6. The van der Waals surface area contributed by atoms with E-state index in [1.807, 2.05) is 0 Å². The van der Waals surface area contributed by atoms with E-state index in [4.69, 9.17) is 17.3 Å². The summed E-state index contributed by atoms with van der Waals surface area (Å²) >= 11 is 6.09. The molecule has 1 saturated heterocycles. The highest BCUT2D eigenvalue weighted by atomic mass is 35.5. The lowest BCUT2D eigenvalue weighted by Gasteiger charge is -2.49. The number of carboxylic acid groups (broad SMARTS) is 1. The Labute approximate surface area is 349 Å². The molecular formula is C37H52ClN9O13. The highest BCUT2D eigenvalue weighted by Gasteiger charge is 2.53. The number of hydrogen-bond donors (Lipinski definition) is 9. The third kappa shape index (κ3) is 13.4. The molecule has 0 aliphatic carbocycles. The number of β-lactam (4-membered cyclic amide) rings is 1. The Bertz CT molecular complexity index is 1820. The second kappa shape index (κ2) is 22.6. The van der Waals surface area contributed by atoms with Crippen molar-refractivity contribution >= 4 is 64.8 Å². The molecule has 2 heterocycles. The SMILES string of the molecule is CC(=O)N(O)CCC[C@H](NC(=O)[C@H](CCCN(O)C(C)=O)NC(=O)[C@@H](N)CCCN(O)C(C)=O)C(=O)N[C@@H](C(=O)NC1C(=O)N2C(C(=O)O)=C(Cl)CC[C@H]12)c1ccccc1. The van der Waals surface area contributed by atoms with E-state index >= 15 is 0 Å². The Balaban J connectivity index is 1.86. The first-order valence-corrected chi connectivity index (χ1v) is 19.5. The average molecular weight is 866 g/mol. The summed E-state index contributed by atoms with van der Waals surface area (Å²) in [6.45, 7) is 2.71. The van der Waals surface area contributed by atoms with Crippen LogP contribution >= 0.6 is 11.6 Å². The predicted molar refractivity (Wildman–Crippen MR) is 207 cm³/mol. The fraction of sp³-hybridized carbons (Fsp3) is 0.541. The number of hydroxylamine groups is 6. The molecular weight excluding hydrogens is 814 g/mol. The number of carbonyl (C=O) groups excluding carboxylic acids is 8. The number of rotatable bonds is 22. The number of carbonyl (C=O) groups is 9. The summed E-state index contributed by atoms with van der Waals surface area (Å²) in [6.07, 6.45) is -0.00279. The summed E-state index contributed by atoms with van der Waals surface area (Å²) in [6, 6.07) is 0.408. The normalized spacial score (nSPS) is 17.7. The van der Waals surface area contributed by atoms with Gasteiger partial charge < -0.3 is 32.1 Å². The summed E-state index contributed by atoms with van der Waals surface area (Å²) in [4.78, 5) is 116. The van der Waals surface area contributed by atoms with Crippen molar-refractivity contribution in [2.75, 3.05) is 19.6 Å². The molecule has 1 unspecified atom stereocenters. The van der Waals surface area contributed by atoms with Crippen LogP contribution in [0.4, 0.5) is 0 Å². The minimum absolute atomic E-state index is 0.0108. The Morgan fingerprint density at radius 3 is 1.70 bits per heavy atom. The number of aliphatic carboxylic acids is 1. The number of allylic oxidation sites excluding steroid dienone is 1. The Hall–Kier alpha value is -5.68. The first-order valence-electron chi connectivity index (χ1n) is 19.1. The van der Waals surface area contributed by atoms with Crippen LogP contribution in [-0.2, 0) is 43.2 Å². The molecule has 0 radical (unpaired) electrons. The summed E-state index contributed by atoms with van der Waals surface area (Å²) < 4.78 is 0. The quantitative estimate of drug-likeness (QED) is 0.0393. The number of nitrogens with two attached hydrogens (primary N) is 1. The topological polar surface area (TPSA) is 322 Å².